The van der Waals surface area contributed by atoms with Crippen LogP contribution in [0.5, 0.6) is 0 Å². The first-order valence-corrected chi connectivity index (χ1v) is 9.61. The Hall–Kier alpha value is -1.15. The van der Waals surface area contributed by atoms with Crippen LogP contribution in [0.3, 0.4) is 0 Å². The van der Waals surface area contributed by atoms with E-state index in [4.69, 9.17) is 5.14 Å². The number of rotatable bonds is 6. The van der Waals surface area contributed by atoms with E-state index in [1.54, 1.807) is 12.1 Å². The van der Waals surface area contributed by atoms with Crippen LogP contribution in [0.2, 0.25) is 0 Å². The van der Waals surface area contributed by atoms with Crippen LogP contribution in [0.25, 0.3) is 0 Å². The molecule has 1 aromatic rings. The number of carbonyl (C=O) groups excluding carboxylic acids is 1. The highest BCUT2D eigenvalue weighted by atomic mass is 35.5. The fourth-order valence-corrected chi connectivity index (χ4v) is 3.79. The summed E-state index contributed by atoms with van der Waals surface area (Å²) < 4.78 is 23.3. The Labute approximate surface area is 150 Å². The van der Waals surface area contributed by atoms with Crippen molar-refractivity contribution in [2.24, 2.45) is 11.1 Å². The molecule has 0 radical (unpaired) electrons. The van der Waals surface area contributed by atoms with Gasteiger partial charge >= 0.3 is 0 Å². The van der Waals surface area contributed by atoms with Gasteiger partial charge in [-0.25, -0.2) is 13.6 Å². The second-order valence-corrected chi connectivity index (χ2v) is 7.53. The topological polar surface area (TPSA) is 101 Å². The number of aryl methyl sites for hydroxylation is 1. The van der Waals surface area contributed by atoms with E-state index in [-0.39, 0.29) is 23.2 Å². The molecule has 1 saturated heterocycles. The molecule has 1 aliphatic heterocycles. The summed E-state index contributed by atoms with van der Waals surface area (Å²) in [4.78, 5) is 12.1. The Balaban J connectivity index is 0.00000288. The van der Waals surface area contributed by atoms with Gasteiger partial charge in [0.1, 0.15) is 0 Å². The number of nitrogens with one attached hydrogen (secondary N) is 2. The molecule has 136 valence electrons. The van der Waals surface area contributed by atoms with Crippen molar-refractivity contribution < 1.29 is 13.2 Å². The largest absolute Gasteiger partial charge is 0.326 e. The summed E-state index contributed by atoms with van der Waals surface area (Å²) in [6.45, 7) is 3.90. The van der Waals surface area contributed by atoms with Gasteiger partial charge in [0.15, 0.2) is 0 Å². The Morgan fingerprint density at radius 3 is 2.58 bits per heavy atom. The summed E-state index contributed by atoms with van der Waals surface area (Å²) in [5.41, 5.74) is 1.13. The lowest BCUT2D eigenvalue weighted by Gasteiger charge is -2.22. The predicted molar refractivity (Wildman–Crippen MR) is 97.9 cm³/mol. The number of anilines is 1. The maximum absolute atomic E-state index is 12.1. The molecule has 24 heavy (non-hydrogen) atoms. The van der Waals surface area contributed by atoms with E-state index in [0.29, 0.717) is 30.0 Å². The lowest BCUT2D eigenvalue weighted by Crippen LogP contribution is -2.28. The molecule has 1 aliphatic rings. The van der Waals surface area contributed by atoms with Gasteiger partial charge in [-0.05, 0) is 62.4 Å². The van der Waals surface area contributed by atoms with E-state index in [1.165, 1.54) is 6.07 Å². The molecule has 1 fully saturated rings. The number of nitrogens with two attached hydrogens (primary N) is 1. The van der Waals surface area contributed by atoms with Gasteiger partial charge in [0, 0.05) is 12.1 Å². The number of carbonyl (C=O) groups is 1. The second-order valence-electron chi connectivity index (χ2n) is 6.00. The summed E-state index contributed by atoms with van der Waals surface area (Å²) in [6, 6.07) is 4.86. The van der Waals surface area contributed by atoms with Crippen molar-refractivity contribution in [3.63, 3.8) is 0 Å². The molecule has 0 bridgehead atoms. The third-order valence-corrected chi connectivity index (χ3v) is 5.27. The van der Waals surface area contributed by atoms with Crippen LogP contribution < -0.4 is 15.8 Å². The number of sulfonamides is 1. The molecule has 0 aromatic heterocycles. The second kappa shape index (κ2) is 9.36. The average Bonchev–Trinajstić information content (AvgIpc) is 2.53. The van der Waals surface area contributed by atoms with Crippen LogP contribution in [-0.2, 0) is 21.2 Å². The Kier molecular flexibility index (Phi) is 8.15. The van der Waals surface area contributed by atoms with Gasteiger partial charge in [0.2, 0.25) is 15.9 Å². The van der Waals surface area contributed by atoms with Crippen LogP contribution in [0.4, 0.5) is 5.69 Å². The van der Waals surface area contributed by atoms with Gasteiger partial charge in [0.25, 0.3) is 0 Å². The summed E-state index contributed by atoms with van der Waals surface area (Å²) >= 11 is 0. The van der Waals surface area contributed by atoms with Gasteiger partial charge < -0.3 is 10.6 Å². The minimum Gasteiger partial charge on any atom is -0.326 e. The van der Waals surface area contributed by atoms with E-state index < -0.39 is 10.0 Å². The van der Waals surface area contributed by atoms with Crippen molar-refractivity contribution in [1.82, 2.24) is 5.32 Å². The molecule has 0 unspecified atom stereocenters. The summed E-state index contributed by atoms with van der Waals surface area (Å²) in [5.74, 6) is 0.498. The normalized spacial score (nSPS) is 15.6. The Bertz CT molecular complexity index is 659. The van der Waals surface area contributed by atoms with Gasteiger partial charge in [-0.15, -0.1) is 12.4 Å². The molecule has 0 spiro atoms. The number of benzene rings is 1. The molecule has 8 heteroatoms. The van der Waals surface area contributed by atoms with Crippen molar-refractivity contribution in [3.05, 3.63) is 23.8 Å². The Morgan fingerprint density at radius 2 is 2.00 bits per heavy atom. The van der Waals surface area contributed by atoms with Crippen molar-refractivity contribution in [1.29, 1.82) is 0 Å². The first-order valence-electron chi connectivity index (χ1n) is 8.06. The molecule has 0 aliphatic carbocycles. The highest BCUT2D eigenvalue weighted by molar-refractivity contribution is 7.89. The third kappa shape index (κ3) is 6.05. The molecule has 0 saturated carbocycles. The first kappa shape index (κ1) is 20.9. The van der Waals surface area contributed by atoms with Crippen molar-refractivity contribution in [2.75, 3.05) is 18.4 Å². The van der Waals surface area contributed by atoms with E-state index in [9.17, 15) is 13.2 Å². The molecule has 0 atom stereocenters. The fraction of sp³-hybridized carbons (Fsp3) is 0.562. The molecular formula is C16H26ClN3O3S. The number of hydrogen-bond donors (Lipinski definition) is 3. The molecule has 1 aromatic carbocycles. The molecule has 1 amide bonds. The maximum Gasteiger partial charge on any atom is 0.238 e. The number of halogens is 1. The van der Waals surface area contributed by atoms with E-state index in [0.717, 1.165) is 32.4 Å². The van der Waals surface area contributed by atoms with Crippen molar-refractivity contribution >= 4 is 34.0 Å². The highest BCUT2D eigenvalue weighted by Gasteiger charge is 2.16. The number of primary sulfonamides is 1. The maximum atomic E-state index is 12.1. The smallest absolute Gasteiger partial charge is 0.238 e. The lowest BCUT2D eigenvalue weighted by atomic mass is 9.93. The standard InChI is InChI=1S/C16H25N3O3S.ClH/c1-2-13-4-5-14(11-15(13)23(17,21)22)19-16(20)6-3-12-7-9-18-10-8-12;/h4-5,11-12,18H,2-3,6-10H2,1H3,(H,19,20)(H2,17,21,22);1H. The average molecular weight is 376 g/mol. The van der Waals surface area contributed by atoms with E-state index in [2.05, 4.69) is 10.6 Å². The monoisotopic (exact) mass is 375 g/mol. The molecule has 1 heterocycles. The zero-order chi connectivity index (χ0) is 16.9. The molecule has 6 nitrogen and oxygen atoms in total. The van der Waals surface area contributed by atoms with Gasteiger partial charge in [-0.1, -0.05) is 13.0 Å². The van der Waals surface area contributed by atoms with Gasteiger partial charge in [-0.3, -0.25) is 4.79 Å². The van der Waals surface area contributed by atoms with Crippen LogP contribution in [0.1, 0.15) is 38.2 Å². The summed E-state index contributed by atoms with van der Waals surface area (Å²) in [7, 11) is -3.79. The molecule has 4 N–H and O–H groups in total. The first-order chi connectivity index (χ1) is 10.9. The minimum atomic E-state index is -3.79. The van der Waals surface area contributed by atoms with E-state index >= 15 is 0 Å². The summed E-state index contributed by atoms with van der Waals surface area (Å²) in [6.07, 6.45) is 4.09. The van der Waals surface area contributed by atoms with Crippen molar-refractivity contribution in [3.8, 4) is 0 Å². The molecular weight excluding hydrogens is 350 g/mol. The zero-order valence-electron chi connectivity index (χ0n) is 13.9. The van der Waals surface area contributed by atoms with Crippen LogP contribution in [0, 0.1) is 5.92 Å². The van der Waals surface area contributed by atoms with Crippen molar-refractivity contribution in [2.45, 2.75) is 43.9 Å². The van der Waals surface area contributed by atoms with Gasteiger partial charge in [-0.2, -0.15) is 0 Å². The summed E-state index contributed by atoms with van der Waals surface area (Å²) in [5, 5.41) is 11.3. The van der Waals surface area contributed by atoms with Crippen LogP contribution in [-0.4, -0.2) is 27.4 Å². The Morgan fingerprint density at radius 1 is 1.33 bits per heavy atom. The number of amides is 1. The number of piperidine rings is 1. The van der Waals surface area contributed by atoms with Gasteiger partial charge in [0.05, 0.1) is 4.90 Å². The van der Waals surface area contributed by atoms with E-state index in [1.807, 2.05) is 6.92 Å². The lowest BCUT2D eigenvalue weighted by molar-refractivity contribution is -0.116. The molecule has 2 rings (SSSR count). The number of hydrogen-bond acceptors (Lipinski definition) is 4. The zero-order valence-corrected chi connectivity index (χ0v) is 15.5. The third-order valence-electron chi connectivity index (χ3n) is 4.28. The SMILES string of the molecule is CCc1ccc(NC(=O)CCC2CCNCC2)cc1S(N)(=O)=O.Cl. The predicted octanol–water partition coefficient (Wildman–Crippen LogP) is 2.04. The quantitative estimate of drug-likeness (QED) is 0.708. The fourth-order valence-electron chi connectivity index (χ4n) is 2.92. The van der Waals surface area contributed by atoms with Crippen LogP contribution >= 0.6 is 12.4 Å². The van der Waals surface area contributed by atoms with Crippen LogP contribution in [0.15, 0.2) is 23.1 Å². The highest BCUT2D eigenvalue weighted by Crippen LogP contribution is 2.22. The minimum absolute atomic E-state index is 0.